The highest BCUT2D eigenvalue weighted by molar-refractivity contribution is 6.00. The maximum atomic E-state index is 5.82. The van der Waals surface area contributed by atoms with Gasteiger partial charge in [-0.3, -0.25) is 4.99 Å². The number of unbranched alkanes of at least 4 members (excludes halogenated alkanes) is 1. The SMILES string of the molecule is CCCCN=C(N)NN=C(C)c1ccc2c(c1)Cc1ccccc1-2.Cl. The monoisotopic (exact) mass is 356 g/mol. The number of rotatable bonds is 5. The fourth-order valence-electron chi connectivity index (χ4n) is 2.97. The van der Waals surface area contributed by atoms with Gasteiger partial charge in [-0.25, -0.2) is 5.43 Å². The Morgan fingerprint density at radius 1 is 1.12 bits per heavy atom. The molecule has 0 bridgehead atoms. The molecule has 0 radical (unpaired) electrons. The van der Waals surface area contributed by atoms with Gasteiger partial charge in [0.05, 0.1) is 5.71 Å². The molecule has 0 aliphatic heterocycles. The Labute approximate surface area is 155 Å². The Hall–Kier alpha value is -2.33. The number of nitrogens with two attached hydrogens (primary N) is 1. The van der Waals surface area contributed by atoms with Gasteiger partial charge < -0.3 is 5.73 Å². The molecule has 0 saturated heterocycles. The quantitative estimate of drug-likeness (QED) is 0.313. The molecule has 0 unspecified atom stereocenters. The van der Waals surface area contributed by atoms with Crippen LogP contribution in [-0.2, 0) is 6.42 Å². The van der Waals surface area contributed by atoms with Crippen LogP contribution < -0.4 is 11.2 Å². The lowest BCUT2D eigenvalue weighted by Gasteiger charge is -2.06. The van der Waals surface area contributed by atoms with E-state index in [1.165, 1.54) is 22.3 Å². The van der Waals surface area contributed by atoms with E-state index in [4.69, 9.17) is 5.73 Å². The van der Waals surface area contributed by atoms with Crippen LogP contribution in [0.2, 0.25) is 0 Å². The van der Waals surface area contributed by atoms with Crippen LogP contribution in [0.3, 0.4) is 0 Å². The summed E-state index contributed by atoms with van der Waals surface area (Å²) < 4.78 is 0. The van der Waals surface area contributed by atoms with Crippen LogP contribution in [0.25, 0.3) is 11.1 Å². The third-order valence-electron chi connectivity index (χ3n) is 4.34. The van der Waals surface area contributed by atoms with E-state index in [1.54, 1.807) is 0 Å². The molecule has 5 heteroatoms. The van der Waals surface area contributed by atoms with Crippen LogP contribution >= 0.6 is 12.4 Å². The molecule has 2 aromatic carbocycles. The summed E-state index contributed by atoms with van der Waals surface area (Å²) in [7, 11) is 0. The van der Waals surface area contributed by atoms with Crippen molar-refractivity contribution in [3.63, 3.8) is 0 Å². The van der Waals surface area contributed by atoms with Crippen LogP contribution in [-0.4, -0.2) is 18.2 Å². The number of guanidine groups is 1. The first-order valence-electron chi connectivity index (χ1n) is 8.51. The van der Waals surface area contributed by atoms with Gasteiger partial charge in [0, 0.05) is 6.54 Å². The molecule has 1 aliphatic carbocycles. The predicted octanol–water partition coefficient (Wildman–Crippen LogP) is 4.11. The van der Waals surface area contributed by atoms with Crippen molar-refractivity contribution < 1.29 is 0 Å². The Balaban J connectivity index is 0.00000225. The molecular weight excluding hydrogens is 332 g/mol. The second-order valence-corrected chi connectivity index (χ2v) is 6.14. The summed E-state index contributed by atoms with van der Waals surface area (Å²) >= 11 is 0. The lowest BCUT2D eigenvalue weighted by molar-refractivity contribution is 0.799. The molecule has 132 valence electrons. The summed E-state index contributed by atoms with van der Waals surface area (Å²) in [4.78, 5) is 4.24. The Morgan fingerprint density at radius 3 is 2.68 bits per heavy atom. The number of aliphatic imine (C=N–C) groups is 1. The van der Waals surface area contributed by atoms with Crippen LogP contribution in [0.5, 0.6) is 0 Å². The average molecular weight is 357 g/mol. The van der Waals surface area contributed by atoms with Gasteiger partial charge >= 0.3 is 0 Å². The molecule has 0 saturated carbocycles. The fraction of sp³-hybridized carbons (Fsp3) is 0.300. The summed E-state index contributed by atoms with van der Waals surface area (Å²) in [6.07, 6.45) is 3.13. The van der Waals surface area contributed by atoms with Crippen LogP contribution in [0, 0.1) is 0 Å². The van der Waals surface area contributed by atoms with Gasteiger partial charge in [0.2, 0.25) is 5.96 Å². The summed E-state index contributed by atoms with van der Waals surface area (Å²) in [6.45, 7) is 4.85. The van der Waals surface area contributed by atoms with Crippen molar-refractivity contribution in [1.82, 2.24) is 5.43 Å². The van der Waals surface area contributed by atoms with Gasteiger partial charge in [-0.1, -0.05) is 49.7 Å². The normalized spacial score (nSPS) is 13.0. The molecule has 0 fully saturated rings. The Morgan fingerprint density at radius 2 is 1.88 bits per heavy atom. The zero-order chi connectivity index (χ0) is 16.9. The van der Waals surface area contributed by atoms with Gasteiger partial charge in [0.1, 0.15) is 0 Å². The average Bonchev–Trinajstić information content (AvgIpc) is 2.97. The number of fused-ring (bicyclic) bond motifs is 3. The molecule has 3 rings (SSSR count). The first-order valence-corrected chi connectivity index (χ1v) is 8.51. The number of hydrogen-bond acceptors (Lipinski definition) is 2. The van der Waals surface area contributed by atoms with E-state index in [-0.39, 0.29) is 12.4 Å². The molecule has 0 atom stereocenters. The predicted molar refractivity (Wildman–Crippen MR) is 109 cm³/mol. The van der Waals surface area contributed by atoms with E-state index >= 15 is 0 Å². The first-order chi connectivity index (χ1) is 11.7. The highest BCUT2D eigenvalue weighted by atomic mass is 35.5. The van der Waals surface area contributed by atoms with E-state index in [1.807, 2.05) is 6.92 Å². The molecule has 1 aliphatic rings. The standard InChI is InChI=1S/C20H24N4.ClH/c1-3-4-11-22-20(21)24-23-14(2)15-9-10-19-17(12-15)13-16-7-5-6-8-18(16)19;/h5-10,12H,3-4,11,13H2,1-2H3,(H3,21,22,24);1H. The Bertz CT molecular complexity index is 796. The number of nitrogens with one attached hydrogen (secondary N) is 1. The molecule has 0 amide bonds. The van der Waals surface area contributed by atoms with Crippen LogP contribution in [0.4, 0.5) is 0 Å². The smallest absolute Gasteiger partial charge is 0.209 e. The van der Waals surface area contributed by atoms with E-state index in [0.717, 1.165) is 37.1 Å². The number of nitrogens with zero attached hydrogens (tertiary/aromatic N) is 2. The Kier molecular flexibility index (Phi) is 6.59. The minimum atomic E-state index is 0. The minimum absolute atomic E-state index is 0. The number of hydrogen-bond donors (Lipinski definition) is 2. The summed E-state index contributed by atoms with van der Waals surface area (Å²) in [5.74, 6) is 0.372. The molecule has 0 spiro atoms. The van der Waals surface area contributed by atoms with Gasteiger partial charge in [-0.2, -0.15) is 5.10 Å². The van der Waals surface area contributed by atoms with Crippen molar-refractivity contribution in [3.8, 4) is 11.1 Å². The maximum Gasteiger partial charge on any atom is 0.209 e. The molecule has 4 nitrogen and oxygen atoms in total. The van der Waals surface area contributed by atoms with E-state index in [9.17, 15) is 0 Å². The summed E-state index contributed by atoms with van der Waals surface area (Å²) in [6, 6.07) is 15.1. The number of halogens is 1. The molecule has 0 aromatic heterocycles. The highest BCUT2D eigenvalue weighted by Crippen LogP contribution is 2.36. The van der Waals surface area contributed by atoms with Crippen molar-refractivity contribution in [3.05, 3.63) is 59.2 Å². The van der Waals surface area contributed by atoms with Crippen LogP contribution in [0.15, 0.2) is 52.6 Å². The third kappa shape index (κ3) is 4.40. The largest absolute Gasteiger partial charge is 0.369 e. The second kappa shape index (κ2) is 8.67. The van der Waals surface area contributed by atoms with Gasteiger partial charge in [0.25, 0.3) is 0 Å². The summed E-state index contributed by atoms with van der Waals surface area (Å²) in [5.41, 5.74) is 16.1. The van der Waals surface area contributed by atoms with Crippen molar-refractivity contribution in [1.29, 1.82) is 0 Å². The van der Waals surface area contributed by atoms with Gasteiger partial charge in [-0.15, -0.1) is 12.4 Å². The summed E-state index contributed by atoms with van der Waals surface area (Å²) in [5, 5.41) is 4.36. The second-order valence-electron chi connectivity index (χ2n) is 6.14. The first kappa shape index (κ1) is 19.0. The van der Waals surface area contributed by atoms with Crippen LogP contribution in [0.1, 0.15) is 43.4 Å². The zero-order valence-corrected chi connectivity index (χ0v) is 15.6. The minimum Gasteiger partial charge on any atom is -0.369 e. The lowest BCUT2D eigenvalue weighted by Crippen LogP contribution is -2.28. The van der Waals surface area contributed by atoms with E-state index in [0.29, 0.717) is 5.96 Å². The topological polar surface area (TPSA) is 62.8 Å². The lowest BCUT2D eigenvalue weighted by atomic mass is 10.0. The number of benzene rings is 2. The van der Waals surface area contributed by atoms with Gasteiger partial charge in [0.15, 0.2) is 0 Å². The molecule has 3 N–H and O–H groups in total. The zero-order valence-electron chi connectivity index (χ0n) is 14.7. The molecule has 25 heavy (non-hydrogen) atoms. The molecule has 2 aromatic rings. The van der Waals surface area contributed by atoms with Crippen molar-refractivity contribution >= 4 is 24.1 Å². The molecule has 0 heterocycles. The fourth-order valence-corrected chi connectivity index (χ4v) is 2.97. The van der Waals surface area contributed by atoms with Crippen molar-refractivity contribution in [2.75, 3.05) is 6.54 Å². The van der Waals surface area contributed by atoms with Crippen molar-refractivity contribution in [2.24, 2.45) is 15.8 Å². The highest BCUT2D eigenvalue weighted by Gasteiger charge is 2.18. The molecular formula is C20H25ClN4. The maximum absolute atomic E-state index is 5.82. The number of hydrazone groups is 1. The third-order valence-corrected chi connectivity index (χ3v) is 4.34. The van der Waals surface area contributed by atoms with Gasteiger partial charge in [-0.05, 0) is 53.6 Å². The van der Waals surface area contributed by atoms with E-state index in [2.05, 4.69) is 64.9 Å². The van der Waals surface area contributed by atoms with E-state index < -0.39 is 0 Å². The van der Waals surface area contributed by atoms with Crippen molar-refractivity contribution in [2.45, 2.75) is 33.1 Å².